The van der Waals surface area contributed by atoms with E-state index in [4.69, 9.17) is 18.9 Å². The van der Waals surface area contributed by atoms with Crippen LogP contribution in [0.25, 0.3) is 0 Å². The summed E-state index contributed by atoms with van der Waals surface area (Å²) in [4.78, 5) is 27.8. The summed E-state index contributed by atoms with van der Waals surface area (Å²) in [6, 6.07) is 5.56. The van der Waals surface area contributed by atoms with Gasteiger partial charge in [-0.2, -0.15) is 0 Å². The molecule has 0 bridgehead atoms. The van der Waals surface area contributed by atoms with Crippen LogP contribution >= 0.6 is 11.3 Å². The van der Waals surface area contributed by atoms with Crippen LogP contribution in [0.5, 0.6) is 11.5 Å². The summed E-state index contributed by atoms with van der Waals surface area (Å²) in [5, 5.41) is 4.95. The quantitative estimate of drug-likeness (QED) is 0.614. The number of esters is 1. The van der Waals surface area contributed by atoms with E-state index in [1.807, 2.05) is 18.2 Å². The van der Waals surface area contributed by atoms with Gasteiger partial charge < -0.3 is 24.3 Å². The Balaban J connectivity index is 1.73. The fraction of sp³-hybridized carbons (Fsp3) is 0.389. The maximum Gasteiger partial charge on any atom is 0.358 e. The minimum atomic E-state index is -0.636. The summed E-state index contributed by atoms with van der Waals surface area (Å²) < 4.78 is 20.3. The van der Waals surface area contributed by atoms with Crippen LogP contribution in [0.3, 0.4) is 0 Å². The van der Waals surface area contributed by atoms with Crippen LogP contribution in [-0.4, -0.2) is 51.3 Å². The molecule has 0 saturated heterocycles. The second-order valence-electron chi connectivity index (χ2n) is 5.42. The van der Waals surface area contributed by atoms with E-state index in [0.29, 0.717) is 36.1 Å². The van der Waals surface area contributed by atoms with Gasteiger partial charge in [-0.1, -0.05) is 6.07 Å². The number of ether oxygens (including phenoxy) is 4. The number of carbonyl (C=O) groups excluding carboxylic acids is 2. The van der Waals surface area contributed by atoms with E-state index in [1.54, 1.807) is 26.7 Å². The Kier molecular flexibility index (Phi) is 8.02. The zero-order chi connectivity index (χ0) is 19.6. The molecule has 0 atom stereocenters. The van der Waals surface area contributed by atoms with E-state index in [-0.39, 0.29) is 18.2 Å². The van der Waals surface area contributed by atoms with Crippen LogP contribution in [0.15, 0.2) is 23.6 Å². The summed E-state index contributed by atoms with van der Waals surface area (Å²) in [5.74, 6) is 0.263. The largest absolute Gasteiger partial charge is 0.493 e. The number of benzene rings is 1. The molecule has 0 aliphatic carbocycles. The van der Waals surface area contributed by atoms with E-state index in [9.17, 15) is 9.59 Å². The van der Waals surface area contributed by atoms with E-state index < -0.39 is 5.97 Å². The lowest BCUT2D eigenvalue weighted by Gasteiger charge is -2.10. The van der Waals surface area contributed by atoms with Gasteiger partial charge in [0.25, 0.3) is 5.91 Å². The van der Waals surface area contributed by atoms with Crippen molar-refractivity contribution in [1.82, 2.24) is 10.3 Å². The topological polar surface area (TPSA) is 96.0 Å². The Hall–Kier alpha value is -2.65. The molecule has 2 aromatic rings. The third-order valence-electron chi connectivity index (χ3n) is 3.55. The molecule has 0 radical (unpaired) electrons. The molecule has 0 fully saturated rings. The predicted octanol–water partition coefficient (Wildman–Crippen LogP) is 1.82. The van der Waals surface area contributed by atoms with Crippen LogP contribution in [0.2, 0.25) is 0 Å². The summed E-state index contributed by atoms with van der Waals surface area (Å²) in [5.41, 5.74) is 1.16. The summed E-state index contributed by atoms with van der Waals surface area (Å²) in [6.45, 7) is 0.372. The Labute approximate surface area is 161 Å². The molecule has 9 heteroatoms. The fourth-order valence-electron chi connectivity index (χ4n) is 2.23. The van der Waals surface area contributed by atoms with Gasteiger partial charge in [0.2, 0.25) is 0 Å². The SMILES string of the molecule is COCc1nc(C(=O)OCC(=O)NCCc2ccc(OC)c(OC)c2)cs1. The number of carbonyl (C=O) groups is 2. The highest BCUT2D eigenvalue weighted by molar-refractivity contribution is 7.09. The summed E-state index contributed by atoms with van der Waals surface area (Å²) in [7, 11) is 4.69. The first-order chi connectivity index (χ1) is 13.1. The molecule has 1 aromatic heterocycles. The Morgan fingerprint density at radius 2 is 1.93 bits per heavy atom. The smallest absolute Gasteiger partial charge is 0.358 e. The molecule has 0 unspecified atom stereocenters. The number of amides is 1. The van der Waals surface area contributed by atoms with Crippen molar-refractivity contribution in [3.05, 3.63) is 39.8 Å². The van der Waals surface area contributed by atoms with Crippen LogP contribution in [-0.2, 0) is 27.3 Å². The van der Waals surface area contributed by atoms with Gasteiger partial charge in [0.05, 0.1) is 20.8 Å². The number of hydrogen-bond donors (Lipinski definition) is 1. The van der Waals surface area contributed by atoms with Crippen LogP contribution in [0, 0.1) is 0 Å². The highest BCUT2D eigenvalue weighted by Gasteiger charge is 2.14. The average Bonchev–Trinajstić information content (AvgIpc) is 3.15. The third kappa shape index (κ3) is 6.22. The van der Waals surface area contributed by atoms with Crippen molar-refractivity contribution in [2.24, 2.45) is 0 Å². The number of hydrogen-bond acceptors (Lipinski definition) is 8. The van der Waals surface area contributed by atoms with Crippen molar-refractivity contribution in [3.8, 4) is 11.5 Å². The standard InChI is InChI=1S/C18H22N2O6S/c1-23-10-17-20-13(11-27-17)18(22)26-9-16(21)19-7-6-12-4-5-14(24-2)15(8-12)25-3/h4-5,8,11H,6-7,9-10H2,1-3H3,(H,19,21). The molecule has 27 heavy (non-hydrogen) atoms. The first-order valence-electron chi connectivity index (χ1n) is 8.15. The Bertz CT molecular complexity index is 777. The van der Waals surface area contributed by atoms with E-state index in [2.05, 4.69) is 10.3 Å². The fourth-order valence-corrected chi connectivity index (χ4v) is 2.97. The number of rotatable bonds is 10. The van der Waals surface area contributed by atoms with E-state index in [0.717, 1.165) is 5.56 Å². The molecule has 0 saturated carbocycles. The van der Waals surface area contributed by atoms with Crippen LogP contribution in [0.1, 0.15) is 21.1 Å². The Morgan fingerprint density at radius 1 is 1.15 bits per heavy atom. The molecular weight excluding hydrogens is 372 g/mol. The van der Waals surface area contributed by atoms with Crippen molar-refractivity contribution < 1.29 is 28.5 Å². The Morgan fingerprint density at radius 3 is 2.63 bits per heavy atom. The van der Waals surface area contributed by atoms with Crippen LogP contribution in [0.4, 0.5) is 0 Å². The number of thiazole rings is 1. The van der Waals surface area contributed by atoms with Crippen molar-refractivity contribution in [3.63, 3.8) is 0 Å². The predicted molar refractivity (Wildman–Crippen MR) is 99.4 cm³/mol. The molecule has 0 aliphatic heterocycles. The van der Waals surface area contributed by atoms with Gasteiger partial charge in [0, 0.05) is 19.0 Å². The second kappa shape index (κ2) is 10.5. The van der Waals surface area contributed by atoms with Gasteiger partial charge in [-0.3, -0.25) is 4.79 Å². The molecule has 1 N–H and O–H groups in total. The second-order valence-corrected chi connectivity index (χ2v) is 6.37. The van der Waals surface area contributed by atoms with Gasteiger partial charge in [-0.15, -0.1) is 11.3 Å². The van der Waals surface area contributed by atoms with Crippen molar-refractivity contribution in [2.75, 3.05) is 34.5 Å². The lowest BCUT2D eigenvalue weighted by molar-refractivity contribution is -0.124. The highest BCUT2D eigenvalue weighted by atomic mass is 32.1. The van der Waals surface area contributed by atoms with Crippen molar-refractivity contribution in [1.29, 1.82) is 0 Å². The average molecular weight is 394 g/mol. The number of methoxy groups -OCH3 is 3. The zero-order valence-corrected chi connectivity index (χ0v) is 16.3. The minimum absolute atomic E-state index is 0.171. The number of nitrogens with one attached hydrogen (secondary N) is 1. The molecule has 146 valence electrons. The first kappa shape index (κ1) is 20.7. The van der Waals surface area contributed by atoms with Gasteiger partial charge in [0.1, 0.15) is 5.01 Å². The summed E-state index contributed by atoms with van der Waals surface area (Å²) in [6.07, 6.45) is 0.604. The van der Waals surface area contributed by atoms with E-state index >= 15 is 0 Å². The molecule has 2 rings (SSSR count). The number of aromatic nitrogens is 1. The maximum atomic E-state index is 11.9. The third-order valence-corrected chi connectivity index (χ3v) is 4.37. The zero-order valence-electron chi connectivity index (χ0n) is 15.4. The van der Waals surface area contributed by atoms with Crippen LogP contribution < -0.4 is 14.8 Å². The number of nitrogens with zero attached hydrogens (tertiary/aromatic N) is 1. The van der Waals surface area contributed by atoms with Gasteiger partial charge >= 0.3 is 5.97 Å². The normalized spacial score (nSPS) is 10.3. The molecule has 8 nitrogen and oxygen atoms in total. The maximum absolute atomic E-state index is 11.9. The summed E-state index contributed by atoms with van der Waals surface area (Å²) >= 11 is 1.30. The molecule has 0 aliphatic rings. The molecular formula is C18H22N2O6S. The lowest BCUT2D eigenvalue weighted by atomic mass is 10.1. The van der Waals surface area contributed by atoms with Gasteiger partial charge in [-0.05, 0) is 24.1 Å². The van der Waals surface area contributed by atoms with Gasteiger partial charge in [0.15, 0.2) is 23.8 Å². The first-order valence-corrected chi connectivity index (χ1v) is 9.03. The van der Waals surface area contributed by atoms with Crippen molar-refractivity contribution in [2.45, 2.75) is 13.0 Å². The lowest BCUT2D eigenvalue weighted by Crippen LogP contribution is -2.30. The molecule has 1 aromatic carbocycles. The van der Waals surface area contributed by atoms with Gasteiger partial charge in [-0.25, -0.2) is 9.78 Å². The monoisotopic (exact) mass is 394 g/mol. The van der Waals surface area contributed by atoms with E-state index in [1.165, 1.54) is 11.3 Å². The van der Waals surface area contributed by atoms with Crippen molar-refractivity contribution >= 4 is 23.2 Å². The highest BCUT2D eigenvalue weighted by Crippen LogP contribution is 2.27. The minimum Gasteiger partial charge on any atom is -0.493 e. The molecule has 0 spiro atoms. The molecule has 1 amide bonds. The molecule has 1 heterocycles.